The molecule has 1 N–H and O–H groups in total. The number of benzene rings is 1. The maximum absolute atomic E-state index is 5.89. The second-order valence-corrected chi connectivity index (χ2v) is 5.92. The molecule has 2 aromatic rings. The maximum Gasteiger partial charge on any atom is 0.248 e. The molecular formula is C9H6Cl4N2. The molecule has 0 saturated carbocycles. The zero-order chi connectivity index (χ0) is 11.2. The summed E-state index contributed by atoms with van der Waals surface area (Å²) >= 11 is 23.1. The number of H-pyrrole nitrogens is 1. The molecule has 15 heavy (non-hydrogen) atoms. The van der Waals surface area contributed by atoms with Crippen molar-refractivity contribution in [3.63, 3.8) is 0 Å². The Morgan fingerprint density at radius 1 is 1.27 bits per heavy atom. The van der Waals surface area contributed by atoms with Crippen molar-refractivity contribution in [3.8, 4) is 0 Å². The van der Waals surface area contributed by atoms with Crippen LogP contribution in [-0.2, 0) is 3.79 Å². The lowest BCUT2D eigenvalue weighted by Gasteiger charge is -2.04. The summed E-state index contributed by atoms with van der Waals surface area (Å²) in [7, 11) is 0. The molecule has 80 valence electrons. The quantitative estimate of drug-likeness (QED) is 0.716. The van der Waals surface area contributed by atoms with E-state index in [9.17, 15) is 0 Å². The van der Waals surface area contributed by atoms with E-state index >= 15 is 0 Å². The molecule has 1 heterocycles. The lowest BCUT2D eigenvalue weighted by molar-refractivity contribution is 1.05. The number of nitrogens with zero attached hydrogens (tertiary/aromatic N) is 1. The molecule has 0 aliphatic carbocycles. The van der Waals surface area contributed by atoms with Crippen LogP contribution in [0.3, 0.4) is 0 Å². The molecule has 2 rings (SSSR count). The van der Waals surface area contributed by atoms with E-state index in [4.69, 9.17) is 46.4 Å². The number of rotatable bonds is 0. The molecule has 1 aromatic heterocycles. The number of hydrogen-bond donors (Lipinski definition) is 1. The maximum atomic E-state index is 5.89. The highest BCUT2D eigenvalue weighted by atomic mass is 35.6. The third kappa shape index (κ3) is 2.18. The predicted molar refractivity (Wildman–Crippen MR) is 65.1 cm³/mol. The molecule has 0 fully saturated rings. The van der Waals surface area contributed by atoms with Crippen LogP contribution in [0.15, 0.2) is 12.1 Å². The normalized spacial score (nSPS) is 12.3. The van der Waals surface area contributed by atoms with E-state index in [0.717, 1.165) is 11.1 Å². The second kappa shape index (κ2) is 3.70. The predicted octanol–water partition coefficient (Wildman–Crippen LogP) is 4.35. The van der Waals surface area contributed by atoms with Gasteiger partial charge in [-0.05, 0) is 24.6 Å². The van der Waals surface area contributed by atoms with Gasteiger partial charge in [-0.1, -0.05) is 46.4 Å². The van der Waals surface area contributed by atoms with Crippen LogP contribution in [-0.4, -0.2) is 9.97 Å². The third-order valence-corrected chi connectivity index (χ3v) is 2.78. The molecular weight excluding hydrogens is 278 g/mol. The van der Waals surface area contributed by atoms with Crippen LogP contribution >= 0.6 is 46.4 Å². The van der Waals surface area contributed by atoms with Crippen LogP contribution in [0.5, 0.6) is 0 Å². The number of alkyl halides is 3. The highest BCUT2D eigenvalue weighted by Gasteiger charge is 2.27. The summed E-state index contributed by atoms with van der Waals surface area (Å²) in [6.45, 7) is 1.91. The van der Waals surface area contributed by atoms with Crippen molar-refractivity contribution in [2.24, 2.45) is 0 Å². The lowest BCUT2D eigenvalue weighted by Crippen LogP contribution is -2.02. The van der Waals surface area contributed by atoms with Gasteiger partial charge in [0.05, 0.1) is 11.0 Å². The highest BCUT2D eigenvalue weighted by molar-refractivity contribution is 6.66. The third-order valence-electron chi connectivity index (χ3n) is 2.02. The van der Waals surface area contributed by atoms with Gasteiger partial charge < -0.3 is 4.98 Å². The van der Waals surface area contributed by atoms with Gasteiger partial charge in [0.25, 0.3) is 0 Å². The van der Waals surface area contributed by atoms with Gasteiger partial charge in [-0.3, -0.25) is 0 Å². The lowest BCUT2D eigenvalue weighted by atomic mass is 10.2. The van der Waals surface area contributed by atoms with E-state index in [1.54, 1.807) is 6.07 Å². The smallest absolute Gasteiger partial charge is 0.248 e. The van der Waals surface area contributed by atoms with Crippen LogP contribution in [0, 0.1) is 6.92 Å². The van der Waals surface area contributed by atoms with E-state index in [-0.39, 0.29) is 0 Å². The molecule has 1 aromatic carbocycles. The van der Waals surface area contributed by atoms with Crippen molar-refractivity contribution < 1.29 is 0 Å². The molecule has 0 bridgehead atoms. The van der Waals surface area contributed by atoms with E-state index in [2.05, 4.69) is 9.97 Å². The number of hydrogen-bond acceptors (Lipinski definition) is 1. The minimum absolute atomic E-state index is 0.299. The Kier molecular flexibility index (Phi) is 2.80. The summed E-state index contributed by atoms with van der Waals surface area (Å²) in [5, 5.41) is 0.613. The number of halogens is 4. The zero-order valence-electron chi connectivity index (χ0n) is 7.61. The Morgan fingerprint density at radius 3 is 2.53 bits per heavy atom. The van der Waals surface area contributed by atoms with Gasteiger partial charge >= 0.3 is 0 Å². The Morgan fingerprint density at radius 2 is 1.93 bits per heavy atom. The Labute approximate surface area is 106 Å². The summed E-state index contributed by atoms with van der Waals surface area (Å²) in [5.41, 5.74) is 2.49. The minimum Gasteiger partial charge on any atom is -0.338 e. The number of aromatic amines is 1. The summed E-state index contributed by atoms with van der Waals surface area (Å²) in [5.74, 6) is 0.299. The fourth-order valence-electron chi connectivity index (χ4n) is 1.38. The van der Waals surface area contributed by atoms with Crippen LogP contribution in [0.25, 0.3) is 11.0 Å². The largest absolute Gasteiger partial charge is 0.338 e. The van der Waals surface area contributed by atoms with Gasteiger partial charge in [0.15, 0.2) is 5.82 Å². The van der Waals surface area contributed by atoms with Gasteiger partial charge in [0.2, 0.25) is 3.79 Å². The van der Waals surface area contributed by atoms with E-state index in [1.165, 1.54) is 0 Å². The van der Waals surface area contributed by atoms with Crippen LogP contribution in [0.1, 0.15) is 11.4 Å². The molecule has 6 heteroatoms. The van der Waals surface area contributed by atoms with Crippen molar-refractivity contribution in [2.75, 3.05) is 0 Å². The van der Waals surface area contributed by atoms with E-state index < -0.39 is 3.79 Å². The molecule has 0 aliphatic heterocycles. The minimum atomic E-state index is -1.54. The number of fused-ring (bicyclic) bond motifs is 1. The first-order valence-corrected chi connectivity index (χ1v) is 5.62. The standard InChI is InChI=1S/C9H6Cl4N2/c1-4-2-5(10)3-6-7(4)15-8(14-6)9(11,12)13/h2-3H,1H3,(H,14,15). The molecule has 0 aliphatic rings. The van der Waals surface area contributed by atoms with Gasteiger partial charge in [-0.25, -0.2) is 4.98 Å². The van der Waals surface area contributed by atoms with Crippen molar-refractivity contribution >= 4 is 57.4 Å². The monoisotopic (exact) mass is 282 g/mol. The SMILES string of the molecule is Cc1cc(Cl)cc2nc(C(Cl)(Cl)Cl)[nH]c12. The molecule has 0 saturated heterocycles. The fraction of sp³-hybridized carbons (Fsp3) is 0.222. The van der Waals surface area contributed by atoms with Gasteiger partial charge in [-0.15, -0.1) is 0 Å². The molecule has 0 spiro atoms. The first-order valence-electron chi connectivity index (χ1n) is 4.11. The van der Waals surface area contributed by atoms with Crippen molar-refractivity contribution in [3.05, 3.63) is 28.5 Å². The Balaban J connectivity index is 2.71. The van der Waals surface area contributed by atoms with Crippen LogP contribution in [0.2, 0.25) is 5.02 Å². The van der Waals surface area contributed by atoms with Crippen LogP contribution in [0.4, 0.5) is 0 Å². The number of imidazole rings is 1. The summed E-state index contributed by atoms with van der Waals surface area (Å²) in [4.78, 5) is 7.14. The van der Waals surface area contributed by atoms with Crippen molar-refractivity contribution in [1.82, 2.24) is 9.97 Å². The molecule has 0 amide bonds. The first-order chi connectivity index (χ1) is 6.88. The summed E-state index contributed by atoms with van der Waals surface area (Å²) in [6, 6.07) is 3.55. The van der Waals surface area contributed by atoms with Crippen molar-refractivity contribution in [1.29, 1.82) is 0 Å². The topological polar surface area (TPSA) is 28.7 Å². The zero-order valence-corrected chi connectivity index (χ0v) is 10.6. The van der Waals surface area contributed by atoms with E-state index in [0.29, 0.717) is 16.4 Å². The van der Waals surface area contributed by atoms with Crippen molar-refractivity contribution in [2.45, 2.75) is 10.7 Å². The van der Waals surface area contributed by atoms with Crippen LogP contribution < -0.4 is 0 Å². The van der Waals surface area contributed by atoms with E-state index in [1.807, 2.05) is 13.0 Å². The summed E-state index contributed by atoms with van der Waals surface area (Å²) < 4.78 is -1.54. The number of aromatic nitrogens is 2. The second-order valence-electron chi connectivity index (χ2n) is 3.20. The highest BCUT2D eigenvalue weighted by Crippen LogP contribution is 2.37. The number of aryl methyl sites for hydroxylation is 1. The number of nitrogens with one attached hydrogen (secondary N) is 1. The van der Waals surface area contributed by atoms with Gasteiger partial charge in [0.1, 0.15) is 0 Å². The Hall–Kier alpha value is -0.150. The molecule has 0 unspecified atom stereocenters. The molecule has 0 atom stereocenters. The van der Waals surface area contributed by atoms with Gasteiger partial charge in [0, 0.05) is 5.02 Å². The average molecular weight is 284 g/mol. The fourth-order valence-corrected chi connectivity index (χ4v) is 1.91. The van der Waals surface area contributed by atoms with Gasteiger partial charge in [-0.2, -0.15) is 0 Å². The first kappa shape index (κ1) is 11.3. The summed E-state index contributed by atoms with van der Waals surface area (Å²) in [6.07, 6.45) is 0. The molecule has 0 radical (unpaired) electrons. The Bertz CT molecular complexity index is 513. The average Bonchev–Trinajstić information content (AvgIpc) is 2.46. The molecule has 2 nitrogen and oxygen atoms in total.